The third-order valence-corrected chi connectivity index (χ3v) is 2.48. The van der Waals surface area contributed by atoms with Gasteiger partial charge in [0.15, 0.2) is 0 Å². The summed E-state index contributed by atoms with van der Waals surface area (Å²) in [7, 11) is 0. The molecule has 0 saturated heterocycles. The summed E-state index contributed by atoms with van der Waals surface area (Å²) in [6.45, 7) is 2.75. The summed E-state index contributed by atoms with van der Waals surface area (Å²) >= 11 is 0. The molecule has 0 fully saturated rings. The molecule has 2 N–H and O–H groups in total. The zero-order valence-corrected chi connectivity index (χ0v) is 9.22. The highest BCUT2D eigenvalue weighted by atomic mass is 16.5. The molecule has 5 nitrogen and oxygen atoms in total. The van der Waals surface area contributed by atoms with E-state index in [9.17, 15) is 0 Å². The molecule has 0 aliphatic heterocycles. The van der Waals surface area contributed by atoms with Gasteiger partial charge in [-0.3, -0.25) is 0 Å². The van der Waals surface area contributed by atoms with Crippen molar-refractivity contribution in [1.82, 2.24) is 10.1 Å². The van der Waals surface area contributed by atoms with Gasteiger partial charge in [0, 0.05) is 5.92 Å². The molecule has 5 heteroatoms. The van der Waals surface area contributed by atoms with Crippen LogP contribution in [0.15, 0.2) is 27.5 Å². The summed E-state index contributed by atoms with van der Waals surface area (Å²) in [4.78, 5) is 4.33. The predicted octanol–water partition coefficient (Wildman–Crippen LogP) is 2.17. The zero-order valence-electron chi connectivity index (χ0n) is 9.22. The molecule has 0 spiro atoms. The van der Waals surface area contributed by atoms with Crippen molar-refractivity contribution in [2.45, 2.75) is 25.7 Å². The first-order valence-electron chi connectivity index (χ1n) is 5.37. The highest BCUT2D eigenvalue weighted by Gasteiger charge is 2.15. The minimum Gasteiger partial charge on any atom is -0.472 e. The molecule has 1 atom stereocenters. The molecule has 2 aromatic heterocycles. The van der Waals surface area contributed by atoms with Gasteiger partial charge < -0.3 is 14.7 Å². The Morgan fingerprint density at radius 1 is 1.50 bits per heavy atom. The molecule has 0 saturated carbocycles. The molecule has 0 aliphatic carbocycles. The summed E-state index contributed by atoms with van der Waals surface area (Å²) in [5.74, 6) is 1.48. The maximum absolute atomic E-state index is 5.46. The van der Waals surface area contributed by atoms with E-state index in [4.69, 9.17) is 14.7 Å². The van der Waals surface area contributed by atoms with Crippen molar-refractivity contribution in [3.05, 3.63) is 24.5 Å². The van der Waals surface area contributed by atoms with Crippen molar-refractivity contribution in [2.75, 3.05) is 6.54 Å². The second kappa shape index (κ2) is 4.94. The van der Waals surface area contributed by atoms with E-state index in [2.05, 4.69) is 17.1 Å². The second-order valence-electron chi connectivity index (χ2n) is 3.80. The Labute approximate surface area is 93.6 Å². The highest BCUT2D eigenvalue weighted by Crippen LogP contribution is 2.22. The van der Waals surface area contributed by atoms with Gasteiger partial charge in [-0.05, 0) is 25.5 Å². The van der Waals surface area contributed by atoms with Crippen molar-refractivity contribution in [3.8, 4) is 11.4 Å². The summed E-state index contributed by atoms with van der Waals surface area (Å²) in [5.41, 5.74) is 6.29. The van der Waals surface area contributed by atoms with Crippen LogP contribution in [0.4, 0.5) is 0 Å². The van der Waals surface area contributed by atoms with Crippen LogP contribution in [0.25, 0.3) is 11.4 Å². The van der Waals surface area contributed by atoms with Gasteiger partial charge in [0.25, 0.3) is 0 Å². The smallest absolute Gasteiger partial charge is 0.229 e. The van der Waals surface area contributed by atoms with Crippen LogP contribution >= 0.6 is 0 Å². The highest BCUT2D eigenvalue weighted by molar-refractivity contribution is 5.51. The van der Waals surface area contributed by atoms with Crippen molar-refractivity contribution in [3.63, 3.8) is 0 Å². The van der Waals surface area contributed by atoms with Crippen LogP contribution in [0.5, 0.6) is 0 Å². The molecule has 2 heterocycles. The van der Waals surface area contributed by atoms with Gasteiger partial charge in [-0.2, -0.15) is 4.98 Å². The number of aromatic nitrogens is 2. The largest absolute Gasteiger partial charge is 0.472 e. The van der Waals surface area contributed by atoms with E-state index in [-0.39, 0.29) is 5.92 Å². The Balaban J connectivity index is 2.07. The fourth-order valence-corrected chi connectivity index (χ4v) is 1.49. The quantitative estimate of drug-likeness (QED) is 0.837. The molecule has 2 aromatic rings. The fraction of sp³-hybridized carbons (Fsp3) is 0.455. The van der Waals surface area contributed by atoms with E-state index in [1.807, 2.05) is 0 Å². The minimum atomic E-state index is 0.247. The number of nitrogens with zero attached hydrogens (tertiary/aromatic N) is 2. The van der Waals surface area contributed by atoms with Crippen LogP contribution in [0.1, 0.15) is 31.6 Å². The summed E-state index contributed by atoms with van der Waals surface area (Å²) in [6.07, 6.45) is 5.11. The first kappa shape index (κ1) is 10.9. The molecule has 86 valence electrons. The summed E-state index contributed by atoms with van der Waals surface area (Å²) in [5, 5.41) is 3.91. The lowest BCUT2D eigenvalue weighted by atomic mass is 10.1. The lowest BCUT2D eigenvalue weighted by molar-refractivity contribution is 0.352. The zero-order chi connectivity index (χ0) is 11.4. The van der Waals surface area contributed by atoms with Gasteiger partial charge in [-0.15, -0.1) is 0 Å². The second-order valence-corrected chi connectivity index (χ2v) is 3.80. The number of hydrogen-bond donors (Lipinski definition) is 1. The van der Waals surface area contributed by atoms with Crippen molar-refractivity contribution in [2.24, 2.45) is 5.73 Å². The lowest BCUT2D eigenvalue weighted by Crippen LogP contribution is -2.02. The maximum Gasteiger partial charge on any atom is 0.229 e. The monoisotopic (exact) mass is 221 g/mol. The van der Waals surface area contributed by atoms with Crippen LogP contribution in [0.3, 0.4) is 0 Å². The Bertz CT molecular complexity index is 422. The minimum absolute atomic E-state index is 0.247. The third-order valence-electron chi connectivity index (χ3n) is 2.48. The van der Waals surface area contributed by atoms with Gasteiger partial charge in [0.1, 0.15) is 6.26 Å². The fourth-order valence-electron chi connectivity index (χ4n) is 1.49. The molecule has 0 amide bonds. The SMILES string of the molecule is CC(CCCN)c1nc(-c2ccoc2)no1. The molecule has 2 rings (SSSR count). The molecule has 0 aliphatic rings. The average molecular weight is 221 g/mol. The molecule has 1 unspecified atom stereocenters. The van der Waals surface area contributed by atoms with Crippen molar-refractivity contribution >= 4 is 0 Å². The number of rotatable bonds is 5. The standard InChI is InChI=1S/C11H15N3O2/c1-8(3-2-5-12)11-13-10(14-16-11)9-4-6-15-7-9/h4,6-8H,2-3,5,12H2,1H3. The van der Waals surface area contributed by atoms with Crippen molar-refractivity contribution < 1.29 is 8.94 Å². The molecule has 0 aromatic carbocycles. The Hall–Kier alpha value is -1.62. The summed E-state index contributed by atoms with van der Waals surface area (Å²) in [6, 6.07) is 1.80. The van der Waals surface area contributed by atoms with Crippen molar-refractivity contribution in [1.29, 1.82) is 0 Å². The van der Waals surface area contributed by atoms with Gasteiger partial charge >= 0.3 is 0 Å². The first-order chi connectivity index (χ1) is 7.81. The van der Waals surface area contributed by atoms with Gasteiger partial charge in [-0.1, -0.05) is 12.1 Å². The normalized spacial score (nSPS) is 12.9. The van der Waals surface area contributed by atoms with Gasteiger partial charge in [0.05, 0.1) is 11.8 Å². The Kier molecular flexibility index (Phi) is 3.36. The molecule has 0 radical (unpaired) electrons. The average Bonchev–Trinajstić information content (AvgIpc) is 2.94. The van der Waals surface area contributed by atoms with E-state index in [0.717, 1.165) is 18.4 Å². The Morgan fingerprint density at radius 2 is 2.38 bits per heavy atom. The molecular formula is C11H15N3O2. The van der Waals surface area contributed by atoms with E-state index in [1.54, 1.807) is 18.6 Å². The van der Waals surface area contributed by atoms with Crippen LogP contribution < -0.4 is 5.73 Å². The lowest BCUT2D eigenvalue weighted by Gasteiger charge is -2.03. The van der Waals surface area contributed by atoms with Crippen LogP contribution in [0.2, 0.25) is 0 Å². The van der Waals surface area contributed by atoms with Gasteiger partial charge in [0.2, 0.25) is 11.7 Å². The van der Waals surface area contributed by atoms with E-state index < -0.39 is 0 Å². The maximum atomic E-state index is 5.46. The van der Waals surface area contributed by atoms with E-state index >= 15 is 0 Å². The van der Waals surface area contributed by atoms with E-state index in [0.29, 0.717) is 18.3 Å². The van der Waals surface area contributed by atoms with E-state index in [1.165, 1.54) is 0 Å². The number of furan rings is 1. The molecular weight excluding hydrogens is 206 g/mol. The van der Waals surface area contributed by atoms with Crippen LogP contribution in [0, 0.1) is 0 Å². The first-order valence-corrected chi connectivity index (χ1v) is 5.37. The summed E-state index contributed by atoms with van der Waals surface area (Å²) < 4.78 is 10.2. The molecule has 0 bridgehead atoms. The van der Waals surface area contributed by atoms with Crippen LogP contribution in [-0.4, -0.2) is 16.7 Å². The topological polar surface area (TPSA) is 78.1 Å². The number of nitrogens with two attached hydrogens (primary N) is 1. The van der Waals surface area contributed by atoms with Crippen LogP contribution in [-0.2, 0) is 0 Å². The third kappa shape index (κ3) is 2.30. The molecule has 16 heavy (non-hydrogen) atoms. The number of hydrogen-bond acceptors (Lipinski definition) is 5. The predicted molar refractivity (Wildman–Crippen MR) is 58.7 cm³/mol. The van der Waals surface area contributed by atoms with Gasteiger partial charge in [-0.25, -0.2) is 0 Å². The Morgan fingerprint density at radius 3 is 3.06 bits per heavy atom.